The zero-order chi connectivity index (χ0) is 11.3. The Morgan fingerprint density at radius 2 is 1.80 bits per heavy atom. The van der Waals surface area contributed by atoms with E-state index >= 15 is 0 Å². The van der Waals surface area contributed by atoms with Crippen LogP contribution in [0.1, 0.15) is 26.2 Å². The standard InChI is InChI=1S/C11H21NO3/c1-2-3-4-7-12-8-5-6-9(13)11(15)10(8)14/h5-6,8-15H,2-4,7H2,1H3/t8-,9+,10+,11+/m0/s1. The first kappa shape index (κ1) is 12.6. The quantitative estimate of drug-likeness (QED) is 0.378. The van der Waals surface area contributed by atoms with Crippen LogP contribution in [-0.4, -0.2) is 46.2 Å². The molecule has 1 aliphatic rings. The van der Waals surface area contributed by atoms with Gasteiger partial charge in [-0.25, -0.2) is 0 Å². The van der Waals surface area contributed by atoms with Crippen LogP contribution in [0, 0.1) is 0 Å². The van der Waals surface area contributed by atoms with Crippen molar-refractivity contribution in [3.63, 3.8) is 0 Å². The minimum absolute atomic E-state index is 0.250. The van der Waals surface area contributed by atoms with Crippen molar-refractivity contribution in [2.75, 3.05) is 6.54 Å². The highest BCUT2D eigenvalue weighted by Gasteiger charge is 2.32. The van der Waals surface area contributed by atoms with Crippen molar-refractivity contribution in [2.24, 2.45) is 0 Å². The molecule has 88 valence electrons. The summed E-state index contributed by atoms with van der Waals surface area (Å²) in [6.45, 7) is 2.96. The fraction of sp³-hybridized carbons (Fsp3) is 0.818. The average molecular weight is 215 g/mol. The van der Waals surface area contributed by atoms with Gasteiger partial charge >= 0.3 is 0 Å². The molecule has 0 saturated heterocycles. The van der Waals surface area contributed by atoms with E-state index in [4.69, 9.17) is 0 Å². The number of nitrogens with one attached hydrogen (secondary N) is 1. The number of hydrogen-bond donors (Lipinski definition) is 4. The average Bonchev–Trinajstić information content (AvgIpc) is 2.24. The van der Waals surface area contributed by atoms with Gasteiger partial charge < -0.3 is 20.6 Å². The monoisotopic (exact) mass is 215 g/mol. The van der Waals surface area contributed by atoms with Gasteiger partial charge in [-0.1, -0.05) is 31.9 Å². The summed E-state index contributed by atoms with van der Waals surface area (Å²) in [5.74, 6) is 0. The summed E-state index contributed by atoms with van der Waals surface area (Å²) < 4.78 is 0. The molecule has 0 aromatic carbocycles. The summed E-state index contributed by atoms with van der Waals surface area (Å²) in [5, 5.41) is 31.5. The first-order chi connectivity index (χ1) is 7.16. The zero-order valence-corrected chi connectivity index (χ0v) is 9.13. The van der Waals surface area contributed by atoms with Gasteiger partial charge in [0.1, 0.15) is 18.3 Å². The Morgan fingerprint density at radius 1 is 1.07 bits per heavy atom. The summed E-state index contributed by atoms with van der Waals surface area (Å²) >= 11 is 0. The van der Waals surface area contributed by atoms with Crippen LogP contribution in [0.3, 0.4) is 0 Å². The Morgan fingerprint density at radius 3 is 2.47 bits per heavy atom. The molecule has 4 heteroatoms. The van der Waals surface area contributed by atoms with E-state index in [2.05, 4.69) is 12.2 Å². The normalized spacial score (nSPS) is 35.7. The molecule has 4 nitrogen and oxygen atoms in total. The van der Waals surface area contributed by atoms with Gasteiger partial charge in [-0.15, -0.1) is 0 Å². The number of hydrogen-bond acceptors (Lipinski definition) is 4. The maximum absolute atomic E-state index is 9.64. The molecule has 0 fully saturated rings. The maximum atomic E-state index is 9.64. The molecule has 4 atom stereocenters. The molecule has 0 amide bonds. The SMILES string of the molecule is CCCCCN[C@H]1C=C[C@@H](O)[C@@H](O)[C@@H]1O. The number of unbranched alkanes of at least 4 members (excludes halogenated alkanes) is 2. The molecule has 0 saturated carbocycles. The van der Waals surface area contributed by atoms with Crippen molar-refractivity contribution < 1.29 is 15.3 Å². The van der Waals surface area contributed by atoms with Crippen LogP contribution in [0.2, 0.25) is 0 Å². The van der Waals surface area contributed by atoms with Gasteiger partial charge in [0.15, 0.2) is 0 Å². The molecular weight excluding hydrogens is 194 g/mol. The molecule has 0 radical (unpaired) electrons. The summed E-state index contributed by atoms with van der Waals surface area (Å²) in [6, 6.07) is -0.250. The van der Waals surface area contributed by atoms with Crippen LogP contribution in [-0.2, 0) is 0 Å². The molecule has 1 aliphatic carbocycles. The van der Waals surface area contributed by atoms with E-state index < -0.39 is 18.3 Å². The Hall–Kier alpha value is -0.420. The van der Waals surface area contributed by atoms with Gasteiger partial charge in [0.25, 0.3) is 0 Å². The highest BCUT2D eigenvalue weighted by molar-refractivity contribution is 5.10. The van der Waals surface area contributed by atoms with E-state index in [1.807, 2.05) is 0 Å². The van der Waals surface area contributed by atoms with Crippen molar-refractivity contribution in [3.8, 4) is 0 Å². The van der Waals surface area contributed by atoms with Gasteiger partial charge in [-0.2, -0.15) is 0 Å². The topological polar surface area (TPSA) is 72.7 Å². The molecule has 0 unspecified atom stereocenters. The largest absolute Gasteiger partial charge is 0.388 e. The molecule has 0 bridgehead atoms. The molecule has 0 aromatic heterocycles. The van der Waals surface area contributed by atoms with E-state index in [1.165, 1.54) is 6.08 Å². The number of rotatable bonds is 5. The molecule has 15 heavy (non-hydrogen) atoms. The molecule has 4 N–H and O–H groups in total. The minimum atomic E-state index is -1.08. The van der Waals surface area contributed by atoms with Crippen molar-refractivity contribution in [2.45, 2.75) is 50.5 Å². The van der Waals surface area contributed by atoms with E-state index in [0.29, 0.717) is 0 Å². The first-order valence-electron chi connectivity index (χ1n) is 5.62. The van der Waals surface area contributed by atoms with Crippen LogP contribution in [0.4, 0.5) is 0 Å². The van der Waals surface area contributed by atoms with Crippen LogP contribution in [0.15, 0.2) is 12.2 Å². The van der Waals surface area contributed by atoms with E-state index in [0.717, 1.165) is 25.8 Å². The molecular formula is C11H21NO3. The lowest BCUT2D eigenvalue weighted by Crippen LogP contribution is -2.52. The van der Waals surface area contributed by atoms with Gasteiger partial charge in [-0.05, 0) is 13.0 Å². The van der Waals surface area contributed by atoms with Crippen LogP contribution in [0.25, 0.3) is 0 Å². The predicted octanol–water partition coefficient (Wildman–Crippen LogP) is -0.213. The third-order valence-corrected chi connectivity index (χ3v) is 2.74. The summed E-state index contributed by atoms with van der Waals surface area (Å²) in [4.78, 5) is 0. The third kappa shape index (κ3) is 3.57. The fourth-order valence-corrected chi connectivity index (χ4v) is 1.71. The van der Waals surface area contributed by atoms with Crippen LogP contribution in [0.5, 0.6) is 0 Å². The van der Waals surface area contributed by atoms with Crippen molar-refractivity contribution >= 4 is 0 Å². The van der Waals surface area contributed by atoms with E-state index in [9.17, 15) is 15.3 Å². The molecule has 0 heterocycles. The Balaban J connectivity index is 2.32. The lowest BCUT2D eigenvalue weighted by molar-refractivity contribution is -0.0564. The number of aliphatic hydroxyl groups excluding tert-OH is 3. The highest BCUT2D eigenvalue weighted by Crippen LogP contribution is 2.13. The highest BCUT2D eigenvalue weighted by atomic mass is 16.4. The molecule has 0 spiro atoms. The van der Waals surface area contributed by atoms with Crippen molar-refractivity contribution in [1.29, 1.82) is 0 Å². The van der Waals surface area contributed by atoms with Crippen LogP contribution < -0.4 is 5.32 Å². The lowest BCUT2D eigenvalue weighted by atomic mass is 9.94. The first-order valence-corrected chi connectivity index (χ1v) is 5.62. The van der Waals surface area contributed by atoms with Crippen molar-refractivity contribution in [3.05, 3.63) is 12.2 Å². The van der Waals surface area contributed by atoms with E-state index in [-0.39, 0.29) is 6.04 Å². The smallest absolute Gasteiger partial charge is 0.111 e. The Bertz CT molecular complexity index is 208. The zero-order valence-electron chi connectivity index (χ0n) is 9.13. The lowest BCUT2D eigenvalue weighted by Gasteiger charge is -2.31. The maximum Gasteiger partial charge on any atom is 0.111 e. The van der Waals surface area contributed by atoms with Gasteiger partial charge in [0.05, 0.1) is 6.04 Å². The number of aliphatic hydroxyl groups is 3. The molecule has 0 aliphatic heterocycles. The molecule has 0 aromatic rings. The van der Waals surface area contributed by atoms with E-state index in [1.54, 1.807) is 6.08 Å². The minimum Gasteiger partial charge on any atom is -0.388 e. The van der Waals surface area contributed by atoms with Gasteiger partial charge in [0, 0.05) is 0 Å². The van der Waals surface area contributed by atoms with Gasteiger partial charge in [0.2, 0.25) is 0 Å². The second kappa shape index (κ2) is 6.23. The second-order valence-corrected chi connectivity index (χ2v) is 4.04. The summed E-state index contributed by atoms with van der Waals surface area (Å²) in [5.41, 5.74) is 0. The Labute approximate surface area is 90.6 Å². The van der Waals surface area contributed by atoms with Gasteiger partial charge in [-0.3, -0.25) is 0 Å². The fourth-order valence-electron chi connectivity index (χ4n) is 1.71. The summed E-state index contributed by atoms with van der Waals surface area (Å²) in [7, 11) is 0. The predicted molar refractivity (Wildman–Crippen MR) is 58.5 cm³/mol. The summed E-state index contributed by atoms with van der Waals surface area (Å²) in [6.07, 6.45) is 3.66. The van der Waals surface area contributed by atoms with Crippen LogP contribution >= 0.6 is 0 Å². The van der Waals surface area contributed by atoms with Crippen molar-refractivity contribution in [1.82, 2.24) is 5.32 Å². The molecule has 1 rings (SSSR count). The Kier molecular flexibility index (Phi) is 5.25. The second-order valence-electron chi connectivity index (χ2n) is 4.04. The third-order valence-electron chi connectivity index (χ3n) is 2.74.